The number of methoxy groups -OCH3 is 1. The molecule has 1 fully saturated rings. The third kappa shape index (κ3) is 6.34. The molecule has 0 spiro atoms. The van der Waals surface area contributed by atoms with Gasteiger partial charge in [-0.1, -0.05) is 41.9 Å². The van der Waals surface area contributed by atoms with E-state index in [1.807, 2.05) is 0 Å². The summed E-state index contributed by atoms with van der Waals surface area (Å²) in [4.78, 5) is 49.9. The third-order valence-electron chi connectivity index (χ3n) is 5.38. The van der Waals surface area contributed by atoms with Crippen LogP contribution in [-0.2, 0) is 16.2 Å². The first kappa shape index (κ1) is 26.8. The molecule has 1 saturated heterocycles. The molecule has 0 atom stereocenters. The van der Waals surface area contributed by atoms with E-state index in [1.165, 1.54) is 25.3 Å². The van der Waals surface area contributed by atoms with Crippen LogP contribution < -0.4 is 14.8 Å². The Hall–Kier alpha value is -4.28. The highest BCUT2D eigenvalue weighted by Crippen LogP contribution is 2.35. The van der Waals surface area contributed by atoms with E-state index in [0.717, 1.165) is 16.7 Å². The fourth-order valence-electron chi connectivity index (χ4n) is 3.53. The van der Waals surface area contributed by atoms with E-state index in [0.29, 0.717) is 33.3 Å². The number of para-hydroxylation sites is 1. The summed E-state index contributed by atoms with van der Waals surface area (Å²) in [5.74, 6) is -1.38. The second-order valence-corrected chi connectivity index (χ2v) is 9.40. The zero-order valence-corrected chi connectivity index (χ0v) is 21.5. The van der Waals surface area contributed by atoms with Gasteiger partial charge in [0.15, 0.2) is 11.5 Å². The third-order valence-corrected chi connectivity index (χ3v) is 6.61. The molecule has 0 aromatic heterocycles. The number of ether oxygens (including phenoxy) is 2. The molecule has 0 radical (unpaired) electrons. The van der Waals surface area contributed by atoms with Gasteiger partial charge in [-0.25, -0.2) is 4.79 Å². The molecule has 11 heteroatoms. The fourth-order valence-corrected chi connectivity index (χ4v) is 4.55. The predicted molar refractivity (Wildman–Crippen MR) is 143 cm³/mol. The van der Waals surface area contributed by atoms with Crippen LogP contribution in [-0.4, -0.2) is 46.7 Å². The lowest BCUT2D eigenvalue weighted by Crippen LogP contribution is -2.36. The van der Waals surface area contributed by atoms with Crippen LogP contribution in [0, 0.1) is 0 Å². The lowest BCUT2D eigenvalue weighted by atomic mass is 10.1. The minimum atomic E-state index is -1.03. The van der Waals surface area contributed by atoms with Gasteiger partial charge in [-0.05, 0) is 65.4 Å². The van der Waals surface area contributed by atoms with Crippen molar-refractivity contribution in [3.63, 3.8) is 0 Å². The maximum absolute atomic E-state index is 12.8. The normalized spacial score (nSPS) is 14.1. The smallest absolute Gasteiger partial charge is 0.335 e. The monoisotopic (exact) mass is 552 g/mol. The first-order valence-electron chi connectivity index (χ1n) is 11.2. The van der Waals surface area contributed by atoms with Crippen molar-refractivity contribution in [2.75, 3.05) is 19.0 Å². The van der Waals surface area contributed by atoms with E-state index in [-0.39, 0.29) is 17.1 Å². The second kappa shape index (κ2) is 11.8. The molecule has 1 aliphatic heterocycles. The Morgan fingerprint density at radius 1 is 1.05 bits per heavy atom. The average molecular weight is 553 g/mol. The number of benzene rings is 3. The summed E-state index contributed by atoms with van der Waals surface area (Å²) in [5, 5.41) is 11.5. The first-order valence-corrected chi connectivity index (χ1v) is 12.4. The van der Waals surface area contributed by atoms with Crippen LogP contribution in [0.3, 0.4) is 0 Å². The number of carboxylic acid groups (broad SMARTS) is 1. The maximum Gasteiger partial charge on any atom is 0.335 e. The van der Waals surface area contributed by atoms with E-state index < -0.39 is 29.6 Å². The van der Waals surface area contributed by atoms with E-state index >= 15 is 0 Å². The molecule has 1 aliphatic rings. The van der Waals surface area contributed by atoms with Crippen LogP contribution in [0.15, 0.2) is 71.6 Å². The van der Waals surface area contributed by atoms with Gasteiger partial charge in [-0.2, -0.15) is 0 Å². The van der Waals surface area contributed by atoms with Crippen molar-refractivity contribution in [1.82, 2.24) is 4.90 Å². The van der Waals surface area contributed by atoms with Crippen LogP contribution in [0.5, 0.6) is 11.5 Å². The fraction of sp³-hybridized carbons (Fsp3) is 0.111. The SMILES string of the molecule is COc1cc(/C=C2/SC(=O)N(CC(=O)Nc3ccccc3Cl)C2=O)ccc1OCc1cccc(C(=O)O)c1. The molecule has 3 aromatic carbocycles. The lowest BCUT2D eigenvalue weighted by Gasteiger charge is -2.13. The van der Waals surface area contributed by atoms with Gasteiger partial charge < -0.3 is 19.9 Å². The summed E-state index contributed by atoms with van der Waals surface area (Å²) < 4.78 is 11.2. The van der Waals surface area contributed by atoms with Gasteiger partial charge in [0, 0.05) is 0 Å². The van der Waals surface area contributed by atoms with E-state index in [1.54, 1.807) is 54.6 Å². The molecule has 9 nitrogen and oxygen atoms in total. The summed E-state index contributed by atoms with van der Waals surface area (Å²) in [6.07, 6.45) is 1.53. The number of hydrogen-bond donors (Lipinski definition) is 2. The van der Waals surface area contributed by atoms with Crippen LogP contribution in [0.4, 0.5) is 10.5 Å². The Bertz CT molecular complexity index is 1460. The molecule has 3 amide bonds. The number of amides is 3. The summed E-state index contributed by atoms with van der Waals surface area (Å²) >= 11 is 6.77. The van der Waals surface area contributed by atoms with Crippen LogP contribution in [0.2, 0.25) is 5.02 Å². The molecule has 0 unspecified atom stereocenters. The number of halogens is 1. The maximum atomic E-state index is 12.8. The Morgan fingerprint density at radius 2 is 1.84 bits per heavy atom. The van der Waals surface area contributed by atoms with Crippen molar-refractivity contribution < 1.29 is 33.8 Å². The quantitative estimate of drug-likeness (QED) is 0.343. The topological polar surface area (TPSA) is 122 Å². The largest absolute Gasteiger partial charge is 0.493 e. The van der Waals surface area contributed by atoms with Crippen molar-refractivity contribution in [1.29, 1.82) is 0 Å². The van der Waals surface area contributed by atoms with Gasteiger partial charge >= 0.3 is 5.97 Å². The van der Waals surface area contributed by atoms with Gasteiger partial charge in [0.1, 0.15) is 13.2 Å². The van der Waals surface area contributed by atoms with Gasteiger partial charge in [0.25, 0.3) is 11.1 Å². The van der Waals surface area contributed by atoms with Gasteiger partial charge in [-0.3, -0.25) is 19.3 Å². The molecule has 0 saturated carbocycles. The van der Waals surface area contributed by atoms with Crippen LogP contribution >= 0.6 is 23.4 Å². The number of thioether (sulfide) groups is 1. The number of aromatic carboxylic acids is 1. The van der Waals surface area contributed by atoms with Crippen LogP contribution in [0.25, 0.3) is 6.08 Å². The Labute approximate surface area is 227 Å². The van der Waals surface area contributed by atoms with Crippen molar-refractivity contribution in [2.45, 2.75) is 6.61 Å². The average Bonchev–Trinajstić information content (AvgIpc) is 3.16. The van der Waals surface area contributed by atoms with Gasteiger partial charge in [0.2, 0.25) is 5.91 Å². The van der Waals surface area contributed by atoms with E-state index in [4.69, 9.17) is 26.2 Å². The van der Waals surface area contributed by atoms with Crippen molar-refractivity contribution in [3.05, 3.63) is 93.3 Å². The van der Waals surface area contributed by atoms with Gasteiger partial charge in [0.05, 0.1) is 28.3 Å². The second-order valence-electron chi connectivity index (χ2n) is 8.00. The molecule has 4 rings (SSSR count). The molecule has 2 N–H and O–H groups in total. The number of hydrogen-bond acceptors (Lipinski definition) is 7. The summed E-state index contributed by atoms with van der Waals surface area (Å²) in [7, 11) is 1.46. The molecule has 194 valence electrons. The van der Waals surface area contributed by atoms with E-state index in [9.17, 15) is 19.2 Å². The zero-order chi connectivity index (χ0) is 27.2. The van der Waals surface area contributed by atoms with Crippen LogP contribution in [0.1, 0.15) is 21.5 Å². The number of carbonyl (C=O) groups excluding carboxylic acids is 3. The predicted octanol–water partition coefficient (Wildman–Crippen LogP) is 5.30. The highest BCUT2D eigenvalue weighted by Gasteiger charge is 2.36. The molecule has 38 heavy (non-hydrogen) atoms. The molecule has 3 aromatic rings. The molecule has 1 heterocycles. The summed E-state index contributed by atoms with van der Waals surface area (Å²) in [5.41, 5.74) is 1.78. The number of carboxylic acids is 1. The summed E-state index contributed by atoms with van der Waals surface area (Å²) in [6, 6.07) is 18.0. The van der Waals surface area contributed by atoms with E-state index in [2.05, 4.69) is 5.32 Å². The Balaban J connectivity index is 1.43. The van der Waals surface area contributed by atoms with Crippen molar-refractivity contribution >= 4 is 58.1 Å². The van der Waals surface area contributed by atoms with Crippen molar-refractivity contribution in [2.24, 2.45) is 0 Å². The molecule has 0 bridgehead atoms. The zero-order valence-electron chi connectivity index (χ0n) is 20.0. The minimum absolute atomic E-state index is 0.117. The van der Waals surface area contributed by atoms with Crippen molar-refractivity contribution in [3.8, 4) is 11.5 Å². The highest BCUT2D eigenvalue weighted by molar-refractivity contribution is 8.18. The number of nitrogens with zero attached hydrogens (tertiary/aromatic N) is 1. The number of rotatable bonds is 9. The Kier molecular flexibility index (Phi) is 8.35. The molecule has 0 aliphatic carbocycles. The number of imide groups is 1. The molecular weight excluding hydrogens is 532 g/mol. The van der Waals surface area contributed by atoms with Gasteiger partial charge in [-0.15, -0.1) is 0 Å². The number of nitrogens with one attached hydrogen (secondary N) is 1. The highest BCUT2D eigenvalue weighted by atomic mass is 35.5. The molecular formula is C27H21ClN2O7S. The Morgan fingerprint density at radius 3 is 2.58 bits per heavy atom. The summed E-state index contributed by atoms with van der Waals surface area (Å²) in [6.45, 7) is -0.335. The minimum Gasteiger partial charge on any atom is -0.493 e. The first-order chi connectivity index (χ1) is 18.2. The number of carbonyl (C=O) groups is 4. The standard InChI is InChI=1S/C27H21ClN2O7S/c1-36-22-12-16(9-10-21(22)37-15-17-5-4-6-18(11-17)26(33)34)13-23-25(32)30(27(35)38-23)14-24(31)29-20-8-3-2-7-19(20)28/h2-13H,14-15H2,1H3,(H,29,31)(H,33,34)/b23-13+. The number of anilines is 1. The lowest BCUT2D eigenvalue weighted by molar-refractivity contribution is -0.127.